The molecule has 0 bridgehead atoms. The summed E-state index contributed by atoms with van der Waals surface area (Å²) < 4.78 is 44.0. The Labute approximate surface area is 182 Å². The van der Waals surface area contributed by atoms with E-state index in [2.05, 4.69) is 9.97 Å². The van der Waals surface area contributed by atoms with Crippen molar-refractivity contribution in [3.63, 3.8) is 0 Å². The van der Waals surface area contributed by atoms with Crippen LogP contribution in [-0.4, -0.2) is 33.6 Å². The number of aromatic nitrogens is 2. The molecule has 166 valence electrons. The fourth-order valence-electron chi connectivity index (χ4n) is 3.83. The predicted molar refractivity (Wildman–Crippen MR) is 110 cm³/mol. The van der Waals surface area contributed by atoms with Gasteiger partial charge in [-0.2, -0.15) is 13.2 Å². The number of alkyl halides is 3. The van der Waals surface area contributed by atoms with Crippen LogP contribution in [0.5, 0.6) is 0 Å². The van der Waals surface area contributed by atoms with Crippen LogP contribution >= 0.6 is 11.8 Å². The smallest absolute Gasteiger partial charge is 0.433 e. The molecule has 2 aromatic rings. The van der Waals surface area contributed by atoms with Gasteiger partial charge in [-0.3, -0.25) is 9.59 Å². The number of thioether (sulfide) groups is 1. The van der Waals surface area contributed by atoms with Crippen LogP contribution < -0.4 is 0 Å². The van der Waals surface area contributed by atoms with Gasteiger partial charge >= 0.3 is 12.1 Å². The van der Waals surface area contributed by atoms with Gasteiger partial charge in [-0.1, -0.05) is 36.4 Å². The molecule has 0 saturated carbocycles. The van der Waals surface area contributed by atoms with Crippen molar-refractivity contribution in [2.24, 2.45) is 5.92 Å². The van der Waals surface area contributed by atoms with E-state index in [1.165, 1.54) is 0 Å². The van der Waals surface area contributed by atoms with E-state index >= 15 is 0 Å². The average molecular weight is 452 g/mol. The molecule has 3 unspecified atom stereocenters. The number of carbonyl (C=O) groups excluding carboxylic acids is 2. The third-order valence-corrected chi connectivity index (χ3v) is 6.44. The van der Waals surface area contributed by atoms with Crippen LogP contribution in [0.3, 0.4) is 0 Å². The van der Waals surface area contributed by atoms with Crippen molar-refractivity contribution in [2.45, 2.75) is 57.5 Å². The number of cyclic esters (lactones) is 1. The molecule has 1 saturated heterocycles. The van der Waals surface area contributed by atoms with Gasteiger partial charge in [0.1, 0.15) is 17.7 Å². The molecule has 31 heavy (non-hydrogen) atoms. The highest BCUT2D eigenvalue weighted by molar-refractivity contribution is 7.99. The summed E-state index contributed by atoms with van der Waals surface area (Å²) in [5.74, 6) is -1.69. The van der Waals surface area contributed by atoms with Crippen LogP contribution in [0.1, 0.15) is 47.2 Å². The summed E-state index contributed by atoms with van der Waals surface area (Å²) in [6.07, 6.45) is -4.06. The fraction of sp³-hybridized carbons (Fsp3) is 0.455. The molecular weight excluding hydrogens is 429 g/mol. The van der Waals surface area contributed by atoms with Gasteiger partial charge in [0.25, 0.3) is 0 Å². The topological polar surface area (TPSA) is 69.2 Å². The van der Waals surface area contributed by atoms with Crippen LogP contribution in [0.25, 0.3) is 0 Å². The van der Waals surface area contributed by atoms with Crippen LogP contribution in [0, 0.1) is 26.7 Å². The second-order valence-corrected chi connectivity index (χ2v) is 8.89. The van der Waals surface area contributed by atoms with Gasteiger partial charge in [-0.15, -0.1) is 0 Å². The zero-order chi connectivity index (χ0) is 22.9. The Kier molecular flexibility index (Phi) is 6.73. The molecule has 1 aliphatic rings. The minimum atomic E-state index is -4.55. The van der Waals surface area contributed by atoms with Gasteiger partial charge in [-0.25, -0.2) is 9.97 Å². The molecule has 0 radical (unpaired) electrons. The lowest BCUT2D eigenvalue weighted by atomic mass is 9.82. The fourth-order valence-corrected chi connectivity index (χ4v) is 4.76. The zero-order valence-corrected chi connectivity index (χ0v) is 18.4. The molecule has 0 amide bonds. The lowest BCUT2D eigenvalue weighted by molar-refractivity contribution is -0.162. The van der Waals surface area contributed by atoms with Crippen LogP contribution in [0.2, 0.25) is 0 Å². The van der Waals surface area contributed by atoms with Gasteiger partial charge in [0, 0.05) is 24.3 Å². The largest absolute Gasteiger partial charge is 0.461 e. The van der Waals surface area contributed by atoms with Gasteiger partial charge in [-0.05, 0) is 43.5 Å². The standard InChI is InChI=1S/C22H23F3N2O3S/c1-11-7-12(2)18(13(3)8-11)19-15(28)9-16(30-20(19)29)14(4)10-31-21-26-6-5-17(27-21)22(23,24)25/h5-8,14,16,19H,9-10H2,1-4H3. The summed E-state index contributed by atoms with van der Waals surface area (Å²) in [5, 5.41) is -0.0149. The maximum absolute atomic E-state index is 12.9. The Morgan fingerprint density at radius 2 is 1.84 bits per heavy atom. The number of hydrogen-bond donors (Lipinski definition) is 0. The molecule has 3 atom stereocenters. The number of Topliss-reactive ketones (excluding diaryl/α,β-unsaturated/α-hetero) is 1. The summed E-state index contributed by atoms with van der Waals surface area (Å²) in [5.41, 5.74) is 2.48. The molecule has 9 heteroatoms. The molecule has 1 aromatic carbocycles. The lowest BCUT2D eigenvalue weighted by Crippen LogP contribution is -2.41. The van der Waals surface area contributed by atoms with Crippen molar-refractivity contribution in [3.05, 3.63) is 52.3 Å². The second kappa shape index (κ2) is 8.98. The van der Waals surface area contributed by atoms with E-state index in [9.17, 15) is 22.8 Å². The predicted octanol–water partition coefficient (Wildman–Crippen LogP) is 4.82. The SMILES string of the molecule is Cc1cc(C)c(C2C(=O)CC(C(C)CSc3nccc(C(F)(F)F)n3)OC2=O)c(C)c1. The Bertz CT molecular complexity index is 969. The molecular formula is C22H23F3N2O3S. The molecule has 0 aliphatic carbocycles. The van der Waals surface area contributed by atoms with Crippen molar-refractivity contribution in [3.8, 4) is 0 Å². The van der Waals surface area contributed by atoms with Crippen LogP contribution in [0.4, 0.5) is 13.2 Å². The normalized spacial score (nSPS) is 20.5. The summed E-state index contributed by atoms with van der Waals surface area (Å²) in [6, 6.07) is 4.68. The van der Waals surface area contributed by atoms with Gasteiger partial charge in [0.15, 0.2) is 10.9 Å². The van der Waals surface area contributed by atoms with Crippen molar-refractivity contribution in [2.75, 3.05) is 5.75 Å². The number of carbonyl (C=O) groups is 2. The van der Waals surface area contributed by atoms with E-state index in [0.717, 1.165) is 40.7 Å². The highest BCUT2D eigenvalue weighted by Gasteiger charge is 2.41. The molecule has 0 N–H and O–H groups in total. The van der Waals surface area contributed by atoms with Crippen LogP contribution in [0.15, 0.2) is 29.6 Å². The number of ether oxygens (including phenoxy) is 1. The lowest BCUT2D eigenvalue weighted by Gasteiger charge is -2.32. The summed E-state index contributed by atoms with van der Waals surface area (Å²) >= 11 is 1.03. The van der Waals surface area contributed by atoms with E-state index in [1.807, 2.05) is 32.9 Å². The number of halogens is 3. The van der Waals surface area contributed by atoms with E-state index < -0.39 is 29.9 Å². The maximum atomic E-state index is 12.9. The van der Waals surface area contributed by atoms with Gasteiger partial charge < -0.3 is 4.74 Å². The molecule has 1 aromatic heterocycles. The first-order chi connectivity index (χ1) is 14.5. The summed E-state index contributed by atoms with van der Waals surface area (Å²) in [4.78, 5) is 33.0. The quantitative estimate of drug-likeness (QED) is 0.281. The average Bonchev–Trinajstić information content (AvgIpc) is 2.66. The van der Waals surface area contributed by atoms with E-state index in [0.29, 0.717) is 11.3 Å². The highest BCUT2D eigenvalue weighted by atomic mass is 32.2. The highest BCUT2D eigenvalue weighted by Crippen LogP contribution is 2.35. The van der Waals surface area contributed by atoms with Crippen molar-refractivity contribution < 1.29 is 27.5 Å². The van der Waals surface area contributed by atoms with E-state index in [4.69, 9.17) is 4.74 Å². The van der Waals surface area contributed by atoms with Gasteiger partial charge in [0.2, 0.25) is 0 Å². The number of nitrogens with zero attached hydrogens (tertiary/aromatic N) is 2. The number of aryl methyl sites for hydroxylation is 3. The summed E-state index contributed by atoms with van der Waals surface area (Å²) in [7, 11) is 0. The number of esters is 1. The molecule has 2 heterocycles. The van der Waals surface area contributed by atoms with Crippen molar-refractivity contribution in [1.29, 1.82) is 0 Å². The van der Waals surface area contributed by atoms with Crippen molar-refractivity contribution in [1.82, 2.24) is 9.97 Å². The Hall–Kier alpha value is -2.42. The third kappa shape index (κ3) is 5.26. The zero-order valence-electron chi connectivity index (χ0n) is 17.6. The molecule has 3 rings (SSSR count). The summed E-state index contributed by atoms with van der Waals surface area (Å²) in [6.45, 7) is 7.48. The number of hydrogen-bond acceptors (Lipinski definition) is 6. The number of rotatable bonds is 5. The Morgan fingerprint density at radius 1 is 1.19 bits per heavy atom. The van der Waals surface area contributed by atoms with Gasteiger partial charge in [0.05, 0.1) is 0 Å². The molecule has 1 fully saturated rings. The first-order valence-electron chi connectivity index (χ1n) is 9.81. The minimum Gasteiger partial charge on any atom is -0.461 e. The third-order valence-electron chi connectivity index (χ3n) is 5.29. The van der Waals surface area contributed by atoms with E-state index in [-0.39, 0.29) is 23.3 Å². The first-order valence-corrected chi connectivity index (χ1v) is 10.8. The van der Waals surface area contributed by atoms with E-state index in [1.54, 1.807) is 6.92 Å². The molecule has 1 aliphatic heterocycles. The number of benzene rings is 1. The molecule has 5 nitrogen and oxygen atoms in total. The maximum Gasteiger partial charge on any atom is 0.433 e. The van der Waals surface area contributed by atoms with Crippen molar-refractivity contribution >= 4 is 23.5 Å². The molecule has 0 spiro atoms. The minimum absolute atomic E-state index is 0.0149. The number of ketones is 1. The second-order valence-electron chi connectivity index (χ2n) is 7.90. The Morgan fingerprint density at radius 3 is 2.42 bits per heavy atom. The Balaban J connectivity index is 1.68. The van der Waals surface area contributed by atoms with Crippen LogP contribution in [-0.2, 0) is 20.5 Å². The first kappa shape index (κ1) is 23.2. The monoisotopic (exact) mass is 452 g/mol.